The van der Waals surface area contributed by atoms with Gasteiger partial charge in [-0.2, -0.15) is 0 Å². The minimum absolute atomic E-state index is 0.0385. The number of Topliss-reactive ketones (excluding diaryl/α,β-unsaturated/α-hetero) is 1. The number of aromatic hydroxyl groups is 2. The van der Waals surface area contributed by atoms with E-state index >= 15 is 0 Å². The maximum Gasteiger partial charge on any atom is 0.157 e. The van der Waals surface area contributed by atoms with Crippen molar-refractivity contribution in [1.82, 2.24) is 0 Å². The Morgan fingerprint density at radius 1 is 1.09 bits per heavy atom. The van der Waals surface area contributed by atoms with Crippen molar-refractivity contribution in [2.75, 3.05) is 0 Å². The Hall–Kier alpha value is -2.47. The number of aliphatic hydroxyl groups is 2. The fourth-order valence-electron chi connectivity index (χ4n) is 3.15. The van der Waals surface area contributed by atoms with E-state index in [4.69, 9.17) is 4.74 Å². The number of phenolic OH excluding ortho intramolecular Hbond substituents is 2. The van der Waals surface area contributed by atoms with E-state index in [0.717, 1.165) is 0 Å². The van der Waals surface area contributed by atoms with E-state index in [1.165, 1.54) is 12.1 Å². The average molecular weight is 318 g/mol. The molecule has 1 saturated heterocycles. The summed E-state index contributed by atoms with van der Waals surface area (Å²) in [6, 6.07) is 4.24. The minimum Gasteiger partial charge on any atom is -0.511 e. The molecule has 23 heavy (non-hydrogen) atoms. The van der Waals surface area contributed by atoms with Crippen LogP contribution >= 0.6 is 0 Å². The summed E-state index contributed by atoms with van der Waals surface area (Å²) in [5.41, 5.74) is 1.33. The SMILES string of the molecule is CC1=C(O)C2C(=O)CC(c3ccc(O)c(O)c3)OC2C(C)=C1O. The molecule has 0 saturated carbocycles. The van der Waals surface area contributed by atoms with Crippen LogP contribution in [0.4, 0.5) is 0 Å². The van der Waals surface area contributed by atoms with Crippen molar-refractivity contribution >= 4 is 5.78 Å². The third-order valence-electron chi connectivity index (χ3n) is 4.55. The van der Waals surface area contributed by atoms with Crippen molar-refractivity contribution in [2.45, 2.75) is 32.5 Å². The number of phenols is 2. The fourth-order valence-corrected chi connectivity index (χ4v) is 3.15. The first-order valence-corrected chi connectivity index (χ1v) is 7.31. The maximum absolute atomic E-state index is 12.5. The van der Waals surface area contributed by atoms with Gasteiger partial charge in [-0.1, -0.05) is 6.07 Å². The minimum atomic E-state index is -0.812. The lowest BCUT2D eigenvalue weighted by molar-refractivity contribution is -0.143. The first-order valence-electron chi connectivity index (χ1n) is 7.31. The lowest BCUT2D eigenvalue weighted by atomic mass is 9.78. The molecule has 1 fully saturated rings. The van der Waals surface area contributed by atoms with E-state index in [2.05, 4.69) is 0 Å². The summed E-state index contributed by atoms with van der Waals surface area (Å²) in [6.07, 6.45) is -1.33. The maximum atomic E-state index is 12.5. The zero-order valence-corrected chi connectivity index (χ0v) is 12.8. The lowest BCUT2D eigenvalue weighted by Gasteiger charge is -2.39. The van der Waals surface area contributed by atoms with Crippen LogP contribution in [-0.4, -0.2) is 32.3 Å². The van der Waals surface area contributed by atoms with E-state index in [1.54, 1.807) is 19.9 Å². The Balaban J connectivity index is 1.97. The zero-order valence-electron chi connectivity index (χ0n) is 12.8. The summed E-state index contributed by atoms with van der Waals surface area (Å²) in [5, 5.41) is 39.3. The smallest absolute Gasteiger partial charge is 0.157 e. The molecule has 1 aliphatic carbocycles. The second kappa shape index (κ2) is 5.31. The number of benzene rings is 1. The molecular formula is C17H18O6. The molecule has 0 radical (unpaired) electrons. The molecule has 0 spiro atoms. The summed E-state index contributed by atoms with van der Waals surface area (Å²) in [7, 11) is 0. The number of ether oxygens (including phenoxy) is 1. The molecule has 0 aromatic heterocycles. The lowest BCUT2D eigenvalue weighted by Crippen LogP contribution is -2.42. The highest BCUT2D eigenvalue weighted by molar-refractivity contribution is 5.86. The van der Waals surface area contributed by atoms with Gasteiger partial charge in [-0.25, -0.2) is 0 Å². The molecule has 4 N–H and O–H groups in total. The van der Waals surface area contributed by atoms with Gasteiger partial charge in [0.2, 0.25) is 0 Å². The van der Waals surface area contributed by atoms with Gasteiger partial charge in [0.05, 0.1) is 12.2 Å². The summed E-state index contributed by atoms with van der Waals surface area (Å²) in [6.45, 7) is 3.22. The topological polar surface area (TPSA) is 107 Å². The van der Waals surface area contributed by atoms with E-state index in [9.17, 15) is 25.2 Å². The molecule has 3 unspecified atom stereocenters. The van der Waals surface area contributed by atoms with Crippen LogP contribution in [0.25, 0.3) is 0 Å². The molecule has 1 aromatic carbocycles. The van der Waals surface area contributed by atoms with Crippen molar-refractivity contribution in [1.29, 1.82) is 0 Å². The molecule has 1 aliphatic heterocycles. The van der Waals surface area contributed by atoms with Crippen LogP contribution in [0.2, 0.25) is 0 Å². The monoisotopic (exact) mass is 318 g/mol. The quantitative estimate of drug-likeness (QED) is 0.593. The van der Waals surface area contributed by atoms with Gasteiger partial charge >= 0.3 is 0 Å². The van der Waals surface area contributed by atoms with Crippen LogP contribution in [0.5, 0.6) is 11.5 Å². The molecule has 6 nitrogen and oxygen atoms in total. The normalized spacial score (nSPS) is 28.1. The molecule has 3 rings (SSSR count). The Labute approximate surface area is 133 Å². The second-order valence-electron chi connectivity index (χ2n) is 5.98. The van der Waals surface area contributed by atoms with Crippen molar-refractivity contribution in [2.24, 2.45) is 5.92 Å². The van der Waals surface area contributed by atoms with Crippen LogP contribution in [0.15, 0.2) is 40.9 Å². The molecule has 2 aliphatic rings. The van der Waals surface area contributed by atoms with Crippen LogP contribution in [0.1, 0.15) is 31.9 Å². The predicted octanol–water partition coefficient (Wildman–Crippen LogP) is 2.79. The van der Waals surface area contributed by atoms with E-state index < -0.39 is 18.1 Å². The molecule has 122 valence electrons. The van der Waals surface area contributed by atoms with Gasteiger partial charge in [-0.15, -0.1) is 0 Å². The third kappa shape index (κ3) is 2.35. The second-order valence-corrected chi connectivity index (χ2v) is 5.98. The van der Waals surface area contributed by atoms with Crippen molar-refractivity contribution in [3.05, 3.63) is 46.4 Å². The van der Waals surface area contributed by atoms with Crippen molar-refractivity contribution in [3.8, 4) is 11.5 Å². The van der Waals surface area contributed by atoms with E-state index in [1.807, 2.05) is 0 Å². The molecule has 0 bridgehead atoms. The number of allylic oxidation sites excluding steroid dienone is 1. The number of aliphatic hydroxyl groups excluding tert-OH is 2. The number of fused-ring (bicyclic) bond motifs is 1. The Morgan fingerprint density at radius 2 is 1.78 bits per heavy atom. The van der Waals surface area contributed by atoms with Gasteiger partial charge in [0.15, 0.2) is 11.5 Å². The molecule has 3 atom stereocenters. The first kappa shape index (κ1) is 15.4. The highest BCUT2D eigenvalue weighted by Crippen LogP contribution is 2.43. The largest absolute Gasteiger partial charge is 0.511 e. The van der Waals surface area contributed by atoms with E-state index in [-0.39, 0.29) is 35.2 Å². The van der Waals surface area contributed by atoms with Crippen molar-refractivity contribution in [3.63, 3.8) is 0 Å². The van der Waals surface area contributed by atoms with Gasteiger partial charge in [0, 0.05) is 12.0 Å². The molecule has 1 heterocycles. The average Bonchev–Trinajstić information content (AvgIpc) is 2.52. The van der Waals surface area contributed by atoms with Crippen molar-refractivity contribution < 1.29 is 30.0 Å². The van der Waals surface area contributed by atoms with Gasteiger partial charge in [-0.05, 0) is 37.1 Å². The predicted molar refractivity (Wildman–Crippen MR) is 81.2 cm³/mol. The molecule has 0 amide bonds. The van der Waals surface area contributed by atoms with Gasteiger partial charge in [-0.3, -0.25) is 4.79 Å². The van der Waals surface area contributed by atoms with Gasteiger partial charge in [0.25, 0.3) is 0 Å². The van der Waals surface area contributed by atoms with Crippen LogP contribution in [0.3, 0.4) is 0 Å². The van der Waals surface area contributed by atoms with Crippen LogP contribution in [0, 0.1) is 5.92 Å². The highest BCUT2D eigenvalue weighted by atomic mass is 16.5. The Bertz CT molecular complexity index is 745. The third-order valence-corrected chi connectivity index (χ3v) is 4.55. The number of carbonyl (C=O) groups is 1. The number of rotatable bonds is 1. The van der Waals surface area contributed by atoms with Crippen LogP contribution in [-0.2, 0) is 9.53 Å². The standard InChI is InChI=1S/C17H18O6/c1-7-15(21)8(2)17-14(16(7)22)12(20)6-13(23-17)9-3-4-10(18)11(19)5-9/h3-5,13-14,17-19,21-22H,6H2,1-2H3. The van der Waals surface area contributed by atoms with E-state index in [0.29, 0.717) is 16.7 Å². The number of hydrogen-bond donors (Lipinski definition) is 4. The number of carbonyl (C=O) groups excluding carboxylic acids is 1. The molecular weight excluding hydrogens is 300 g/mol. The number of hydrogen-bond acceptors (Lipinski definition) is 6. The molecule has 1 aromatic rings. The highest BCUT2D eigenvalue weighted by Gasteiger charge is 2.45. The van der Waals surface area contributed by atoms with Gasteiger partial charge < -0.3 is 25.2 Å². The number of ketones is 1. The summed E-state index contributed by atoms with van der Waals surface area (Å²) in [5.74, 6) is -1.77. The zero-order chi connectivity index (χ0) is 16.9. The van der Waals surface area contributed by atoms with Gasteiger partial charge in [0.1, 0.15) is 23.2 Å². The Morgan fingerprint density at radius 3 is 2.43 bits per heavy atom. The summed E-state index contributed by atoms with van der Waals surface area (Å²) in [4.78, 5) is 12.5. The summed E-state index contributed by atoms with van der Waals surface area (Å²) < 4.78 is 5.92. The fraction of sp³-hybridized carbons (Fsp3) is 0.353. The Kier molecular flexibility index (Phi) is 3.56. The molecule has 6 heteroatoms. The van der Waals surface area contributed by atoms with Crippen LogP contribution < -0.4 is 0 Å². The summed E-state index contributed by atoms with van der Waals surface area (Å²) >= 11 is 0. The first-order chi connectivity index (χ1) is 10.8.